The predicted octanol–water partition coefficient (Wildman–Crippen LogP) is 5.46. The van der Waals surface area contributed by atoms with E-state index in [1.807, 2.05) is 22.7 Å². The van der Waals surface area contributed by atoms with Gasteiger partial charge in [-0.2, -0.15) is 0 Å². The molecular weight excluding hydrogens is 282 g/mol. The molecule has 3 heteroatoms. The maximum absolute atomic E-state index is 3.86. The fraction of sp³-hybridized carbons (Fsp3) is 0.529. The number of thiophene rings is 2. The van der Waals surface area contributed by atoms with E-state index in [0.29, 0.717) is 11.5 Å². The van der Waals surface area contributed by atoms with Gasteiger partial charge in [-0.1, -0.05) is 38.3 Å². The van der Waals surface area contributed by atoms with E-state index in [9.17, 15) is 0 Å². The monoisotopic (exact) mass is 305 g/mol. The molecule has 0 bridgehead atoms. The van der Waals surface area contributed by atoms with Crippen molar-refractivity contribution < 1.29 is 0 Å². The molecule has 1 saturated carbocycles. The van der Waals surface area contributed by atoms with Crippen molar-refractivity contribution in [2.75, 3.05) is 6.54 Å². The van der Waals surface area contributed by atoms with Gasteiger partial charge >= 0.3 is 0 Å². The van der Waals surface area contributed by atoms with Gasteiger partial charge in [0.1, 0.15) is 0 Å². The highest BCUT2D eigenvalue weighted by molar-refractivity contribution is 7.11. The quantitative estimate of drug-likeness (QED) is 0.773. The van der Waals surface area contributed by atoms with Gasteiger partial charge < -0.3 is 5.32 Å². The minimum absolute atomic E-state index is 0.383. The van der Waals surface area contributed by atoms with Crippen LogP contribution in [0.25, 0.3) is 0 Å². The summed E-state index contributed by atoms with van der Waals surface area (Å²) in [5.41, 5.74) is 0.491. The van der Waals surface area contributed by atoms with Crippen molar-refractivity contribution >= 4 is 22.7 Å². The first-order valence-corrected chi connectivity index (χ1v) is 9.33. The van der Waals surface area contributed by atoms with Crippen LogP contribution in [-0.4, -0.2) is 6.54 Å². The summed E-state index contributed by atoms with van der Waals surface area (Å²) in [5.74, 6) is 0. The topological polar surface area (TPSA) is 12.0 Å². The third-order valence-electron chi connectivity index (χ3n) is 4.45. The van der Waals surface area contributed by atoms with Crippen molar-refractivity contribution in [1.29, 1.82) is 0 Å². The zero-order chi connectivity index (χ0) is 13.8. The van der Waals surface area contributed by atoms with E-state index in [1.54, 1.807) is 0 Å². The molecule has 1 aliphatic carbocycles. The fourth-order valence-electron chi connectivity index (χ4n) is 3.18. The van der Waals surface area contributed by atoms with Crippen molar-refractivity contribution in [1.82, 2.24) is 5.32 Å². The van der Waals surface area contributed by atoms with E-state index < -0.39 is 0 Å². The zero-order valence-electron chi connectivity index (χ0n) is 12.1. The summed E-state index contributed by atoms with van der Waals surface area (Å²) in [4.78, 5) is 2.87. The van der Waals surface area contributed by atoms with Crippen LogP contribution >= 0.6 is 22.7 Å². The Kier molecular flexibility index (Phi) is 4.59. The molecule has 1 nitrogen and oxygen atoms in total. The van der Waals surface area contributed by atoms with Crippen LogP contribution in [0, 0.1) is 5.41 Å². The Morgan fingerprint density at radius 2 is 1.65 bits per heavy atom. The number of hydrogen-bond donors (Lipinski definition) is 1. The highest BCUT2D eigenvalue weighted by Gasteiger charge is 2.28. The molecule has 1 N–H and O–H groups in total. The summed E-state index contributed by atoms with van der Waals surface area (Å²) >= 11 is 3.72. The molecule has 2 aromatic heterocycles. The summed E-state index contributed by atoms with van der Waals surface area (Å²) in [7, 11) is 0. The lowest BCUT2D eigenvalue weighted by Gasteiger charge is -2.35. The van der Waals surface area contributed by atoms with Crippen molar-refractivity contribution in [3.8, 4) is 0 Å². The molecule has 3 rings (SSSR count). The first kappa shape index (κ1) is 14.3. The average molecular weight is 306 g/mol. The molecule has 0 atom stereocenters. The molecule has 1 fully saturated rings. The van der Waals surface area contributed by atoms with E-state index in [2.05, 4.69) is 47.3 Å². The lowest BCUT2D eigenvalue weighted by atomic mass is 9.75. The second kappa shape index (κ2) is 6.42. The number of nitrogens with one attached hydrogen (secondary N) is 1. The highest BCUT2D eigenvalue weighted by Crippen LogP contribution is 2.37. The summed E-state index contributed by atoms with van der Waals surface area (Å²) in [5, 5.41) is 8.22. The van der Waals surface area contributed by atoms with Crippen LogP contribution in [0.5, 0.6) is 0 Å². The number of hydrogen-bond acceptors (Lipinski definition) is 3. The Bertz CT molecular complexity index is 461. The summed E-state index contributed by atoms with van der Waals surface area (Å²) in [6, 6.07) is 9.21. The van der Waals surface area contributed by atoms with Crippen molar-refractivity contribution in [3.05, 3.63) is 44.8 Å². The van der Waals surface area contributed by atoms with Crippen molar-refractivity contribution in [2.45, 2.75) is 45.1 Å². The van der Waals surface area contributed by atoms with Gasteiger partial charge in [0.15, 0.2) is 0 Å². The molecule has 0 saturated heterocycles. The SMILES string of the molecule is CC1(CNC(c2cccs2)c2cccs2)CCCCC1. The Hall–Kier alpha value is -0.640. The Labute approximate surface area is 130 Å². The molecule has 0 unspecified atom stereocenters. The second-order valence-corrected chi connectivity index (χ2v) is 8.17. The van der Waals surface area contributed by atoms with E-state index in [-0.39, 0.29) is 0 Å². The summed E-state index contributed by atoms with van der Waals surface area (Å²) < 4.78 is 0. The van der Waals surface area contributed by atoms with Crippen LogP contribution in [0.2, 0.25) is 0 Å². The smallest absolute Gasteiger partial charge is 0.0765 e. The third-order valence-corrected chi connectivity index (χ3v) is 6.32. The van der Waals surface area contributed by atoms with Gasteiger partial charge in [-0.25, -0.2) is 0 Å². The molecule has 2 heterocycles. The van der Waals surface area contributed by atoms with Gasteiger partial charge in [0.25, 0.3) is 0 Å². The van der Waals surface area contributed by atoms with Gasteiger partial charge in [0.05, 0.1) is 6.04 Å². The Balaban J connectivity index is 1.71. The second-order valence-electron chi connectivity index (χ2n) is 6.22. The Morgan fingerprint density at radius 3 is 2.15 bits per heavy atom. The average Bonchev–Trinajstić information content (AvgIpc) is 3.13. The van der Waals surface area contributed by atoms with Gasteiger partial charge in [0.2, 0.25) is 0 Å². The highest BCUT2D eigenvalue weighted by atomic mass is 32.1. The molecule has 20 heavy (non-hydrogen) atoms. The predicted molar refractivity (Wildman–Crippen MR) is 89.7 cm³/mol. The van der Waals surface area contributed by atoms with E-state index in [1.165, 1.54) is 41.9 Å². The molecule has 0 radical (unpaired) electrons. The van der Waals surface area contributed by atoms with Crippen molar-refractivity contribution in [3.63, 3.8) is 0 Å². The molecule has 0 aromatic carbocycles. The molecule has 1 aliphatic rings. The lowest BCUT2D eigenvalue weighted by molar-refractivity contribution is 0.204. The number of rotatable bonds is 5. The fourth-order valence-corrected chi connectivity index (χ4v) is 4.89. The normalized spacial score (nSPS) is 18.5. The van der Waals surface area contributed by atoms with Crippen LogP contribution in [0.15, 0.2) is 35.0 Å². The lowest BCUT2D eigenvalue weighted by Crippen LogP contribution is -2.35. The van der Waals surface area contributed by atoms with Crippen LogP contribution in [0.3, 0.4) is 0 Å². The van der Waals surface area contributed by atoms with Crippen molar-refractivity contribution in [2.24, 2.45) is 5.41 Å². The molecule has 108 valence electrons. The van der Waals surface area contributed by atoms with E-state index in [4.69, 9.17) is 0 Å². The minimum atomic E-state index is 0.383. The van der Waals surface area contributed by atoms with E-state index >= 15 is 0 Å². The van der Waals surface area contributed by atoms with Gasteiger partial charge in [-0.15, -0.1) is 22.7 Å². The maximum atomic E-state index is 3.86. The van der Waals surface area contributed by atoms with Crippen LogP contribution in [0.1, 0.15) is 54.8 Å². The molecule has 0 aliphatic heterocycles. The molecule has 2 aromatic rings. The van der Waals surface area contributed by atoms with E-state index in [0.717, 1.165) is 6.54 Å². The molecule has 0 amide bonds. The third kappa shape index (κ3) is 3.33. The largest absolute Gasteiger partial charge is 0.304 e. The summed E-state index contributed by atoms with van der Waals surface area (Å²) in [6.07, 6.45) is 6.99. The first-order valence-electron chi connectivity index (χ1n) is 7.57. The van der Waals surface area contributed by atoms with Crippen LogP contribution in [0.4, 0.5) is 0 Å². The Morgan fingerprint density at radius 1 is 1.05 bits per heavy atom. The van der Waals surface area contributed by atoms with Gasteiger partial charge in [0, 0.05) is 16.3 Å². The summed E-state index contributed by atoms with van der Waals surface area (Å²) in [6.45, 7) is 3.59. The minimum Gasteiger partial charge on any atom is -0.304 e. The van der Waals surface area contributed by atoms with Gasteiger partial charge in [-0.3, -0.25) is 0 Å². The molecular formula is C17H23NS2. The van der Waals surface area contributed by atoms with Crippen LogP contribution < -0.4 is 5.32 Å². The first-order chi connectivity index (χ1) is 9.77. The van der Waals surface area contributed by atoms with Gasteiger partial charge in [-0.05, 0) is 41.1 Å². The standard InChI is InChI=1S/C17H23NS2/c1-17(9-3-2-4-10-17)13-18-16(14-7-5-11-19-14)15-8-6-12-20-15/h5-8,11-12,16,18H,2-4,9-10,13H2,1H3. The zero-order valence-corrected chi connectivity index (χ0v) is 13.7. The maximum Gasteiger partial charge on any atom is 0.0765 e. The molecule has 0 spiro atoms. The van der Waals surface area contributed by atoms with Crippen LogP contribution in [-0.2, 0) is 0 Å².